The quantitative estimate of drug-likeness (QED) is 0.336. The van der Waals surface area contributed by atoms with E-state index in [1.807, 2.05) is 0 Å². The van der Waals surface area contributed by atoms with Gasteiger partial charge in [-0.3, -0.25) is 5.21 Å². The summed E-state index contributed by atoms with van der Waals surface area (Å²) in [7, 11) is 0. The highest BCUT2D eigenvalue weighted by molar-refractivity contribution is 5.56. The SMILES string of the molecule is CCCCCCCCC=NNO. The molecule has 0 rings (SSSR count). The van der Waals surface area contributed by atoms with Crippen LogP contribution in [0.15, 0.2) is 5.10 Å². The van der Waals surface area contributed by atoms with Crippen molar-refractivity contribution in [1.82, 2.24) is 5.59 Å². The molecule has 2 N–H and O–H groups in total. The van der Waals surface area contributed by atoms with E-state index < -0.39 is 0 Å². The minimum absolute atomic E-state index is 0.958. The molecular weight excluding hydrogens is 152 g/mol. The summed E-state index contributed by atoms with van der Waals surface area (Å²) >= 11 is 0. The largest absolute Gasteiger partial charge is 0.274 e. The van der Waals surface area contributed by atoms with Gasteiger partial charge in [-0.25, -0.2) is 0 Å². The van der Waals surface area contributed by atoms with Crippen molar-refractivity contribution in [2.24, 2.45) is 5.10 Å². The van der Waals surface area contributed by atoms with Gasteiger partial charge in [-0.1, -0.05) is 39.0 Å². The topological polar surface area (TPSA) is 44.6 Å². The lowest BCUT2D eigenvalue weighted by Gasteiger charge is -1.96. The lowest BCUT2D eigenvalue weighted by atomic mass is 10.1. The van der Waals surface area contributed by atoms with Crippen LogP contribution in [0.2, 0.25) is 0 Å². The molecule has 0 spiro atoms. The van der Waals surface area contributed by atoms with E-state index in [2.05, 4.69) is 12.0 Å². The molecule has 0 aromatic heterocycles. The highest BCUT2D eigenvalue weighted by Gasteiger charge is 1.87. The van der Waals surface area contributed by atoms with Crippen LogP contribution in [-0.2, 0) is 0 Å². The first-order chi connectivity index (χ1) is 5.91. The molecule has 12 heavy (non-hydrogen) atoms. The molecule has 0 unspecified atom stereocenters. The molecule has 0 aromatic carbocycles. The summed E-state index contributed by atoms with van der Waals surface area (Å²) in [5, 5.41) is 11.6. The average molecular weight is 172 g/mol. The summed E-state index contributed by atoms with van der Waals surface area (Å²) in [5.41, 5.74) is 1.75. The molecule has 0 saturated carbocycles. The Morgan fingerprint density at radius 1 is 1.17 bits per heavy atom. The minimum Gasteiger partial charge on any atom is -0.274 e. The Morgan fingerprint density at radius 3 is 2.50 bits per heavy atom. The van der Waals surface area contributed by atoms with Crippen molar-refractivity contribution in [3.05, 3.63) is 0 Å². The Morgan fingerprint density at radius 2 is 1.83 bits per heavy atom. The number of hydrazone groups is 1. The van der Waals surface area contributed by atoms with E-state index in [1.165, 1.54) is 38.5 Å². The summed E-state index contributed by atoms with van der Waals surface area (Å²) in [4.78, 5) is 0. The molecule has 0 heterocycles. The fraction of sp³-hybridized carbons (Fsp3) is 0.889. The number of rotatable bonds is 8. The van der Waals surface area contributed by atoms with Crippen molar-refractivity contribution in [2.45, 2.75) is 51.9 Å². The number of nitrogens with one attached hydrogen (secondary N) is 1. The van der Waals surface area contributed by atoms with Crippen LogP contribution in [0.1, 0.15) is 51.9 Å². The van der Waals surface area contributed by atoms with Crippen molar-refractivity contribution >= 4 is 6.21 Å². The predicted molar refractivity (Wildman–Crippen MR) is 51.4 cm³/mol. The third-order valence-electron chi connectivity index (χ3n) is 1.84. The van der Waals surface area contributed by atoms with Gasteiger partial charge in [-0.15, -0.1) is 0 Å². The molecule has 0 aliphatic carbocycles. The van der Waals surface area contributed by atoms with E-state index in [0.29, 0.717) is 0 Å². The molecule has 0 aliphatic heterocycles. The zero-order valence-electron chi connectivity index (χ0n) is 7.92. The number of hydrogen-bond donors (Lipinski definition) is 2. The second-order valence-electron chi connectivity index (χ2n) is 2.97. The first-order valence-corrected chi connectivity index (χ1v) is 4.82. The van der Waals surface area contributed by atoms with Gasteiger partial charge >= 0.3 is 0 Å². The molecule has 0 fully saturated rings. The molecule has 3 heteroatoms. The monoisotopic (exact) mass is 172 g/mol. The summed E-state index contributed by atoms with van der Waals surface area (Å²) < 4.78 is 0. The van der Waals surface area contributed by atoms with Gasteiger partial charge in [0.05, 0.1) is 0 Å². The van der Waals surface area contributed by atoms with Crippen LogP contribution in [-0.4, -0.2) is 11.4 Å². The highest BCUT2D eigenvalue weighted by Crippen LogP contribution is 2.05. The average Bonchev–Trinajstić information content (AvgIpc) is 2.10. The fourth-order valence-electron chi connectivity index (χ4n) is 1.12. The van der Waals surface area contributed by atoms with Crippen molar-refractivity contribution in [3.8, 4) is 0 Å². The molecule has 0 bridgehead atoms. The van der Waals surface area contributed by atoms with Gasteiger partial charge in [0.25, 0.3) is 0 Å². The van der Waals surface area contributed by atoms with Gasteiger partial charge in [0.2, 0.25) is 0 Å². The van der Waals surface area contributed by atoms with Crippen LogP contribution in [0, 0.1) is 0 Å². The lowest BCUT2D eigenvalue weighted by molar-refractivity contribution is 0.172. The molecule has 0 radical (unpaired) electrons. The Labute approximate surface area is 74.8 Å². The van der Waals surface area contributed by atoms with Crippen LogP contribution in [0.25, 0.3) is 0 Å². The van der Waals surface area contributed by atoms with Crippen LogP contribution in [0.3, 0.4) is 0 Å². The van der Waals surface area contributed by atoms with E-state index in [-0.39, 0.29) is 0 Å². The van der Waals surface area contributed by atoms with Gasteiger partial charge in [0, 0.05) is 6.21 Å². The Balaban J connectivity index is 2.86. The van der Waals surface area contributed by atoms with E-state index in [4.69, 9.17) is 5.21 Å². The Hall–Kier alpha value is -0.570. The van der Waals surface area contributed by atoms with Crippen LogP contribution in [0.5, 0.6) is 0 Å². The Kier molecular flexibility index (Phi) is 9.93. The second-order valence-corrected chi connectivity index (χ2v) is 2.97. The van der Waals surface area contributed by atoms with E-state index in [1.54, 1.807) is 11.8 Å². The molecular formula is C9H20N2O. The van der Waals surface area contributed by atoms with Gasteiger partial charge in [0.15, 0.2) is 0 Å². The molecule has 3 nitrogen and oxygen atoms in total. The van der Waals surface area contributed by atoms with Crippen LogP contribution in [0.4, 0.5) is 0 Å². The zero-order valence-corrected chi connectivity index (χ0v) is 7.92. The number of nitrogens with zero attached hydrogens (tertiary/aromatic N) is 1. The fourth-order valence-corrected chi connectivity index (χ4v) is 1.12. The third-order valence-corrected chi connectivity index (χ3v) is 1.84. The second kappa shape index (κ2) is 10.4. The number of unbranched alkanes of at least 4 members (excludes halogenated alkanes) is 6. The van der Waals surface area contributed by atoms with Crippen molar-refractivity contribution in [3.63, 3.8) is 0 Å². The lowest BCUT2D eigenvalue weighted by Crippen LogP contribution is -1.94. The van der Waals surface area contributed by atoms with Crippen LogP contribution >= 0.6 is 0 Å². The molecule has 72 valence electrons. The maximum absolute atomic E-state index is 8.09. The van der Waals surface area contributed by atoms with Gasteiger partial charge < -0.3 is 0 Å². The van der Waals surface area contributed by atoms with Crippen molar-refractivity contribution in [1.29, 1.82) is 0 Å². The standard InChI is InChI=1S/C9H20N2O/c1-2-3-4-5-6-7-8-9-10-11-12/h9,11-12H,2-8H2,1H3. The highest BCUT2D eigenvalue weighted by atomic mass is 16.5. The minimum atomic E-state index is 0.958. The van der Waals surface area contributed by atoms with E-state index in [0.717, 1.165) is 6.42 Å². The predicted octanol–water partition coefficient (Wildman–Crippen LogP) is 2.70. The van der Waals surface area contributed by atoms with E-state index in [9.17, 15) is 0 Å². The first kappa shape index (κ1) is 11.4. The maximum atomic E-state index is 8.09. The maximum Gasteiger partial charge on any atom is 0.0267 e. The number of hydrogen-bond acceptors (Lipinski definition) is 3. The molecule has 0 atom stereocenters. The van der Waals surface area contributed by atoms with Crippen molar-refractivity contribution < 1.29 is 5.21 Å². The van der Waals surface area contributed by atoms with Gasteiger partial charge in [-0.2, -0.15) is 10.7 Å². The summed E-state index contributed by atoms with van der Waals surface area (Å²) in [6.07, 6.45) is 10.5. The molecule has 0 aromatic rings. The summed E-state index contributed by atoms with van der Waals surface area (Å²) in [6, 6.07) is 0. The smallest absolute Gasteiger partial charge is 0.0267 e. The van der Waals surface area contributed by atoms with Gasteiger partial charge in [0.1, 0.15) is 0 Å². The van der Waals surface area contributed by atoms with Crippen LogP contribution < -0.4 is 5.59 Å². The summed E-state index contributed by atoms with van der Waals surface area (Å²) in [5.74, 6) is 0. The first-order valence-electron chi connectivity index (χ1n) is 4.82. The van der Waals surface area contributed by atoms with Gasteiger partial charge in [-0.05, 0) is 12.8 Å². The van der Waals surface area contributed by atoms with E-state index >= 15 is 0 Å². The molecule has 0 amide bonds. The Bertz CT molecular complexity index is 105. The normalized spacial score (nSPS) is 10.8. The molecule has 0 aliphatic rings. The zero-order chi connectivity index (χ0) is 9.07. The van der Waals surface area contributed by atoms with Crippen molar-refractivity contribution in [2.75, 3.05) is 0 Å². The third kappa shape index (κ3) is 9.43. The summed E-state index contributed by atoms with van der Waals surface area (Å²) in [6.45, 7) is 2.22. The molecule has 0 saturated heterocycles.